The Bertz CT molecular complexity index is 265. The summed E-state index contributed by atoms with van der Waals surface area (Å²) in [6.07, 6.45) is 12.4. The summed E-state index contributed by atoms with van der Waals surface area (Å²) in [6.45, 7) is 5.26. The predicted octanol–water partition coefficient (Wildman–Crippen LogP) is 3.69. The smallest absolute Gasteiger partial charge is 0.0217 e. The van der Waals surface area contributed by atoms with Crippen LogP contribution in [-0.4, -0.2) is 23.5 Å². The van der Waals surface area contributed by atoms with Crippen LogP contribution in [0.3, 0.4) is 0 Å². The van der Waals surface area contributed by atoms with Crippen LogP contribution in [0.5, 0.6) is 0 Å². The van der Waals surface area contributed by atoms with E-state index >= 15 is 0 Å². The largest absolute Gasteiger partial charge is 0.298 e. The molecule has 1 nitrogen and oxygen atoms in total. The Morgan fingerprint density at radius 1 is 0.824 bits per heavy atom. The van der Waals surface area contributed by atoms with E-state index in [0.29, 0.717) is 5.54 Å². The molecule has 0 spiro atoms. The van der Waals surface area contributed by atoms with Crippen LogP contribution in [0.4, 0.5) is 0 Å². The number of hydrogen-bond acceptors (Lipinski definition) is 1. The predicted molar refractivity (Wildman–Crippen MR) is 70.9 cm³/mol. The maximum Gasteiger partial charge on any atom is 0.0217 e. The third kappa shape index (κ3) is 1.69. The van der Waals surface area contributed by atoms with Gasteiger partial charge in [-0.2, -0.15) is 0 Å². The van der Waals surface area contributed by atoms with Gasteiger partial charge in [-0.15, -0.1) is 0 Å². The number of rotatable bonds is 1. The van der Waals surface area contributed by atoms with Gasteiger partial charge in [0.2, 0.25) is 0 Å². The van der Waals surface area contributed by atoms with Crippen molar-refractivity contribution < 1.29 is 0 Å². The zero-order chi connectivity index (χ0) is 11.5. The van der Waals surface area contributed by atoms with Crippen molar-refractivity contribution in [2.45, 2.75) is 63.8 Å². The summed E-state index contributed by atoms with van der Waals surface area (Å²) in [6, 6.07) is 0. The second-order valence-corrected chi connectivity index (χ2v) is 7.81. The van der Waals surface area contributed by atoms with Gasteiger partial charge in [0.15, 0.2) is 0 Å². The number of piperidine rings is 1. The molecule has 1 aliphatic heterocycles. The van der Waals surface area contributed by atoms with Gasteiger partial charge in [0.05, 0.1) is 0 Å². The average molecular weight is 233 g/mol. The fourth-order valence-corrected chi connectivity index (χ4v) is 5.94. The SMILES string of the molecule is CC1CCN(C23CC4CC(CC(C4)C2)C3)CC1. The zero-order valence-electron chi connectivity index (χ0n) is 11.3. The number of hydrogen-bond donors (Lipinski definition) is 0. The van der Waals surface area contributed by atoms with Crippen LogP contribution >= 0.6 is 0 Å². The van der Waals surface area contributed by atoms with E-state index in [1.165, 1.54) is 25.9 Å². The minimum Gasteiger partial charge on any atom is -0.298 e. The molecule has 17 heavy (non-hydrogen) atoms. The first-order valence-electron chi connectivity index (χ1n) is 7.98. The second kappa shape index (κ2) is 3.73. The van der Waals surface area contributed by atoms with Crippen molar-refractivity contribution in [2.24, 2.45) is 23.7 Å². The summed E-state index contributed by atoms with van der Waals surface area (Å²) in [7, 11) is 0. The van der Waals surface area contributed by atoms with E-state index in [0.717, 1.165) is 23.7 Å². The lowest BCUT2D eigenvalue weighted by Gasteiger charge is -2.61. The van der Waals surface area contributed by atoms with Crippen LogP contribution in [0.25, 0.3) is 0 Å². The molecule has 5 rings (SSSR count). The van der Waals surface area contributed by atoms with Crippen LogP contribution in [0.15, 0.2) is 0 Å². The Morgan fingerprint density at radius 3 is 1.76 bits per heavy atom. The molecule has 4 aliphatic carbocycles. The maximum atomic E-state index is 2.94. The molecule has 5 fully saturated rings. The molecule has 4 bridgehead atoms. The third-order valence-corrected chi connectivity index (χ3v) is 6.46. The average Bonchev–Trinajstić information content (AvgIpc) is 2.27. The van der Waals surface area contributed by atoms with Crippen molar-refractivity contribution in [1.82, 2.24) is 4.90 Å². The van der Waals surface area contributed by atoms with Gasteiger partial charge in [-0.3, -0.25) is 4.90 Å². The van der Waals surface area contributed by atoms with E-state index in [1.807, 2.05) is 0 Å². The first-order chi connectivity index (χ1) is 8.23. The van der Waals surface area contributed by atoms with Gasteiger partial charge in [0.1, 0.15) is 0 Å². The van der Waals surface area contributed by atoms with Gasteiger partial charge in [-0.1, -0.05) is 6.92 Å². The van der Waals surface area contributed by atoms with Crippen molar-refractivity contribution >= 4 is 0 Å². The highest BCUT2D eigenvalue weighted by atomic mass is 15.2. The molecule has 0 amide bonds. The summed E-state index contributed by atoms with van der Waals surface area (Å²) in [4.78, 5) is 2.94. The highest BCUT2D eigenvalue weighted by Crippen LogP contribution is 2.58. The van der Waals surface area contributed by atoms with E-state index in [9.17, 15) is 0 Å². The highest BCUT2D eigenvalue weighted by molar-refractivity contribution is 5.07. The van der Waals surface area contributed by atoms with Gasteiger partial charge in [0.25, 0.3) is 0 Å². The van der Waals surface area contributed by atoms with Crippen LogP contribution in [-0.2, 0) is 0 Å². The lowest BCUT2D eigenvalue weighted by molar-refractivity contribution is -0.0975. The maximum absolute atomic E-state index is 2.94. The van der Waals surface area contributed by atoms with Crippen molar-refractivity contribution in [2.75, 3.05) is 13.1 Å². The van der Waals surface area contributed by atoms with Gasteiger partial charge >= 0.3 is 0 Å². The standard InChI is InChI=1S/C16H27N/c1-12-2-4-17(5-3-12)16-9-13-6-14(10-16)8-15(7-13)11-16/h12-15H,2-11H2,1H3. The molecular formula is C16H27N. The Morgan fingerprint density at radius 2 is 1.29 bits per heavy atom. The van der Waals surface area contributed by atoms with Crippen molar-refractivity contribution in [3.63, 3.8) is 0 Å². The fourth-order valence-electron chi connectivity index (χ4n) is 5.94. The van der Waals surface area contributed by atoms with Crippen molar-refractivity contribution in [3.05, 3.63) is 0 Å². The van der Waals surface area contributed by atoms with Crippen molar-refractivity contribution in [1.29, 1.82) is 0 Å². The molecule has 0 radical (unpaired) electrons. The molecule has 0 atom stereocenters. The molecule has 4 saturated carbocycles. The number of likely N-dealkylation sites (tertiary alicyclic amines) is 1. The minimum atomic E-state index is 0.689. The first-order valence-corrected chi connectivity index (χ1v) is 7.98. The summed E-state index contributed by atoms with van der Waals surface area (Å²) in [5.41, 5.74) is 0.689. The van der Waals surface area contributed by atoms with E-state index in [4.69, 9.17) is 0 Å². The van der Waals surface area contributed by atoms with Gasteiger partial charge < -0.3 is 0 Å². The molecule has 0 aromatic carbocycles. The lowest BCUT2D eigenvalue weighted by Crippen LogP contribution is -2.61. The summed E-state index contributed by atoms with van der Waals surface area (Å²) < 4.78 is 0. The van der Waals surface area contributed by atoms with Crippen molar-refractivity contribution in [3.8, 4) is 0 Å². The zero-order valence-corrected chi connectivity index (χ0v) is 11.3. The highest BCUT2D eigenvalue weighted by Gasteiger charge is 2.53. The van der Waals surface area contributed by atoms with Gasteiger partial charge in [-0.05, 0) is 88.1 Å². The molecule has 96 valence electrons. The second-order valence-electron chi connectivity index (χ2n) is 7.81. The third-order valence-electron chi connectivity index (χ3n) is 6.46. The quantitative estimate of drug-likeness (QED) is 0.667. The summed E-state index contributed by atoms with van der Waals surface area (Å²) in [5.74, 6) is 4.32. The van der Waals surface area contributed by atoms with E-state index in [2.05, 4.69) is 11.8 Å². The van der Waals surface area contributed by atoms with Crippen LogP contribution in [0.1, 0.15) is 58.3 Å². The fraction of sp³-hybridized carbons (Fsp3) is 1.00. The Labute approximate surface area is 106 Å². The molecular weight excluding hydrogens is 206 g/mol. The Hall–Kier alpha value is -0.0400. The van der Waals surface area contributed by atoms with Crippen LogP contribution < -0.4 is 0 Å². The first kappa shape index (κ1) is 10.8. The molecule has 1 heteroatoms. The Balaban J connectivity index is 1.56. The topological polar surface area (TPSA) is 3.24 Å². The molecule has 5 aliphatic rings. The minimum absolute atomic E-state index is 0.689. The molecule has 0 unspecified atom stereocenters. The summed E-state index contributed by atoms with van der Waals surface area (Å²) >= 11 is 0. The van der Waals surface area contributed by atoms with E-state index in [1.54, 1.807) is 38.5 Å². The van der Waals surface area contributed by atoms with Crippen LogP contribution in [0, 0.1) is 23.7 Å². The lowest BCUT2D eigenvalue weighted by atomic mass is 9.52. The van der Waals surface area contributed by atoms with E-state index < -0.39 is 0 Å². The van der Waals surface area contributed by atoms with E-state index in [-0.39, 0.29) is 0 Å². The summed E-state index contributed by atoms with van der Waals surface area (Å²) in [5, 5.41) is 0. The normalized spacial score (nSPS) is 51.0. The molecule has 0 N–H and O–H groups in total. The molecule has 0 aromatic heterocycles. The Kier molecular flexibility index (Phi) is 2.38. The van der Waals surface area contributed by atoms with Gasteiger partial charge in [0, 0.05) is 5.54 Å². The molecule has 0 aromatic rings. The monoisotopic (exact) mass is 233 g/mol. The van der Waals surface area contributed by atoms with Crippen LogP contribution in [0.2, 0.25) is 0 Å². The molecule has 1 saturated heterocycles. The number of nitrogens with zero attached hydrogens (tertiary/aromatic N) is 1. The molecule has 1 heterocycles. The van der Waals surface area contributed by atoms with Gasteiger partial charge in [-0.25, -0.2) is 0 Å².